The number of carbonyl (C=O) groups is 1. The van der Waals surface area contributed by atoms with Gasteiger partial charge in [0.1, 0.15) is 24.9 Å². The minimum absolute atomic E-state index is 0.0558. The summed E-state index contributed by atoms with van der Waals surface area (Å²) in [6, 6.07) is 17.5. The molecule has 1 atom stereocenters. The molecule has 0 spiro atoms. The summed E-state index contributed by atoms with van der Waals surface area (Å²) >= 11 is 0. The standard InChI is InChI=1S/C31H27F6N3O4/c1-20(39-44-19-22-6-4-3-5-7-22)28(29(41)42-2)12-21-8-10-27(11-9-21)43-18-23-16-38-40(17-23)26-14-24(30(32,33)34)13-25(15-26)31(35,36)37/h3-11,13-17,28H,12,18-19H2,1-2H3/b39-20+. The first-order valence-electron chi connectivity index (χ1n) is 13.2. The highest BCUT2D eigenvalue weighted by Crippen LogP contribution is 2.37. The van der Waals surface area contributed by atoms with Gasteiger partial charge in [-0.1, -0.05) is 47.6 Å². The van der Waals surface area contributed by atoms with E-state index in [0.717, 1.165) is 15.8 Å². The zero-order valence-corrected chi connectivity index (χ0v) is 23.5. The number of oxime groups is 1. The van der Waals surface area contributed by atoms with Crippen molar-refractivity contribution >= 4 is 11.7 Å². The Hall–Kier alpha value is -4.81. The fraction of sp³-hybridized carbons (Fsp3) is 0.258. The maximum atomic E-state index is 13.2. The van der Waals surface area contributed by atoms with Crippen molar-refractivity contribution in [2.75, 3.05) is 7.11 Å². The summed E-state index contributed by atoms with van der Waals surface area (Å²) in [7, 11) is 1.29. The van der Waals surface area contributed by atoms with Crippen LogP contribution in [0.1, 0.15) is 34.7 Å². The Kier molecular flexibility index (Phi) is 9.97. The highest BCUT2D eigenvalue weighted by Gasteiger charge is 2.37. The number of rotatable bonds is 11. The van der Waals surface area contributed by atoms with Crippen molar-refractivity contribution in [3.05, 3.63) is 113 Å². The minimum Gasteiger partial charge on any atom is -0.489 e. The van der Waals surface area contributed by atoms with Crippen molar-refractivity contribution in [2.24, 2.45) is 11.1 Å². The molecule has 0 fully saturated rings. The van der Waals surface area contributed by atoms with Gasteiger partial charge in [0.2, 0.25) is 0 Å². The molecule has 13 heteroatoms. The van der Waals surface area contributed by atoms with E-state index in [1.165, 1.54) is 19.5 Å². The van der Waals surface area contributed by atoms with Crippen LogP contribution in [0.5, 0.6) is 5.75 Å². The second kappa shape index (κ2) is 13.7. The lowest BCUT2D eigenvalue weighted by Gasteiger charge is -2.15. The molecule has 1 unspecified atom stereocenters. The SMILES string of the molecule is COC(=O)C(Cc1ccc(OCc2cnn(-c3cc(C(F)(F)F)cc(C(F)(F)F)c3)c2)cc1)/C(C)=N/OCc1ccccc1. The predicted molar refractivity (Wildman–Crippen MR) is 148 cm³/mol. The van der Waals surface area contributed by atoms with Gasteiger partial charge in [-0.2, -0.15) is 31.4 Å². The van der Waals surface area contributed by atoms with Gasteiger partial charge < -0.3 is 14.3 Å². The Labute approximate surface area is 248 Å². The molecule has 44 heavy (non-hydrogen) atoms. The maximum absolute atomic E-state index is 13.2. The lowest BCUT2D eigenvalue weighted by Crippen LogP contribution is -2.26. The van der Waals surface area contributed by atoms with E-state index in [1.54, 1.807) is 31.2 Å². The second-order valence-corrected chi connectivity index (χ2v) is 9.76. The highest BCUT2D eigenvalue weighted by molar-refractivity contribution is 6.00. The summed E-state index contributed by atoms with van der Waals surface area (Å²) in [6.45, 7) is 1.86. The third kappa shape index (κ3) is 8.62. The second-order valence-electron chi connectivity index (χ2n) is 9.76. The van der Waals surface area contributed by atoms with E-state index in [0.29, 0.717) is 29.2 Å². The molecule has 0 aliphatic rings. The van der Waals surface area contributed by atoms with Crippen molar-refractivity contribution < 1.29 is 45.4 Å². The number of nitrogens with zero attached hydrogens (tertiary/aromatic N) is 3. The van der Waals surface area contributed by atoms with Gasteiger partial charge in [-0.05, 0) is 54.8 Å². The molecule has 4 aromatic rings. The van der Waals surface area contributed by atoms with Crippen LogP contribution >= 0.6 is 0 Å². The Morgan fingerprint density at radius 2 is 1.50 bits per heavy atom. The topological polar surface area (TPSA) is 74.9 Å². The van der Waals surface area contributed by atoms with E-state index in [2.05, 4.69) is 10.3 Å². The monoisotopic (exact) mass is 619 g/mol. The van der Waals surface area contributed by atoms with Gasteiger partial charge in [0.25, 0.3) is 0 Å². The molecular weight excluding hydrogens is 592 g/mol. The summed E-state index contributed by atoms with van der Waals surface area (Å²) < 4.78 is 90.9. The Balaban J connectivity index is 1.39. The molecule has 0 saturated heterocycles. The first-order valence-corrected chi connectivity index (χ1v) is 13.2. The van der Waals surface area contributed by atoms with Gasteiger partial charge >= 0.3 is 18.3 Å². The average Bonchev–Trinajstić information content (AvgIpc) is 3.47. The summed E-state index contributed by atoms with van der Waals surface area (Å²) in [4.78, 5) is 17.9. The molecule has 232 valence electrons. The van der Waals surface area contributed by atoms with E-state index in [-0.39, 0.29) is 25.7 Å². The van der Waals surface area contributed by atoms with Crippen LogP contribution in [0.2, 0.25) is 0 Å². The van der Waals surface area contributed by atoms with E-state index >= 15 is 0 Å². The van der Waals surface area contributed by atoms with Crippen LogP contribution < -0.4 is 4.74 Å². The summed E-state index contributed by atoms with van der Waals surface area (Å²) in [5.41, 5.74) is -0.720. The molecule has 0 N–H and O–H groups in total. The highest BCUT2D eigenvalue weighted by atomic mass is 19.4. The molecule has 0 radical (unpaired) electrons. The molecule has 4 rings (SSSR count). The van der Waals surface area contributed by atoms with Crippen LogP contribution in [-0.4, -0.2) is 28.6 Å². The van der Waals surface area contributed by atoms with Crippen molar-refractivity contribution in [2.45, 2.75) is 38.9 Å². The Morgan fingerprint density at radius 3 is 2.09 bits per heavy atom. The van der Waals surface area contributed by atoms with Gasteiger partial charge in [-0.25, -0.2) is 4.68 Å². The molecule has 7 nitrogen and oxygen atoms in total. The Bertz CT molecular complexity index is 1550. The number of methoxy groups -OCH3 is 1. The number of hydrogen-bond donors (Lipinski definition) is 0. The molecule has 1 heterocycles. The van der Waals surface area contributed by atoms with Gasteiger partial charge in [0.15, 0.2) is 0 Å². The number of hydrogen-bond acceptors (Lipinski definition) is 6. The quantitative estimate of drug-likeness (QED) is 0.0757. The molecule has 0 aliphatic heterocycles. The van der Waals surface area contributed by atoms with E-state index in [9.17, 15) is 31.1 Å². The lowest BCUT2D eigenvalue weighted by molar-refractivity contribution is -0.144. The van der Waals surface area contributed by atoms with E-state index < -0.39 is 41.1 Å². The first-order chi connectivity index (χ1) is 20.8. The van der Waals surface area contributed by atoms with Gasteiger partial charge in [0.05, 0.1) is 35.8 Å². The number of aromatic nitrogens is 2. The summed E-state index contributed by atoms with van der Waals surface area (Å²) in [5, 5.41) is 8.00. The smallest absolute Gasteiger partial charge is 0.416 e. The molecule has 0 amide bonds. The van der Waals surface area contributed by atoms with Crippen LogP contribution in [0.3, 0.4) is 0 Å². The average molecular weight is 620 g/mol. The zero-order valence-electron chi connectivity index (χ0n) is 23.5. The number of alkyl halides is 6. The molecule has 0 aliphatic carbocycles. The molecule has 0 bridgehead atoms. The molecule has 3 aromatic carbocycles. The third-order valence-electron chi connectivity index (χ3n) is 6.51. The van der Waals surface area contributed by atoms with Crippen LogP contribution in [0.25, 0.3) is 5.69 Å². The van der Waals surface area contributed by atoms with Crippen LogP contribution in [0, 0.1) is 5.92 Å². The van der Waals surface area contributed by atoms with Crippen LogP contribution in [-0.2, 0) is 46.4 Å². The fourth-order valence-corrected chi connectivity index (χ4v) is 4.16. The first kappa shape index (κ1) is 32.1. The number of halogens is 6. The van der Waals surface area contributed by atoms with Crippen LogP contribution in [0.4, 0.5) is 26.3 Å². The maximum Gasteiger partial charge on any atom is 0.416 e. The molecule has 0 saturated carbocycles. The number of carbonyl (C=O) groups excluding carboxylic acids is 1. The Morgan fingerprint density at radius 1 is 0.864 bits per heavy atom. The number of esters is 1. The predicted octanol–water partition coefficient (Wildman–Crippen LogP) is 7.41. The van der Waals surface area contributed by atoms with E-state index in [1.807, 2.05) is 30.3 Å². The largest absolute Gasteiger partial charge is 0.489 e. The van der Waals surface area contributed by atoms with Gasteiger partial charge in [0, 0.05) is 11.8 Å². The van der Waals surface area contributed by atoms with E-state index in [4.69, 9.17) is 14.3 Å². The zero-order chi connectivity index (χ0) is 31.9. The van der Waals surface area contributed by atoms with Crippen molar-refractivity contribution in [1.82, 2.24) is 9.78 Å². The van der Waals surface area contributed by atoms with Crippen molar-refractivity contribution in [3.63, 3.8) is 0 Å². The lowest BCUT2D eigenvalue weighted by atomic mass is 9.95. The van der Waals surface area contributed by atoms with Crippen LogP contribution in [0.15, 0.2) is 90.3 Å². The van der Waals surface area contributed by atoms with Crippen molar-refractivity contribution in [3.8, 4) is 11.4 Å². The number of benzene rings is 3. The minimum atomic E-state index is -4.97. The molecular formula is C31H27F6N3O4. The summed E-state index contributed by atoms with van der Waals surface area (Å²) in [5.74, 6) is -0.733. The fourth-order valence-electron chi connectivity index (χ4n) is 4.16. The number of ether oxygens (including phenoxy) is 2. The third-order valence-corrected chi connectivity index (χ3v) is 6.51. The van der Waals surface area contributed by atoms with Gasteiger partial charge in [-0.15, -0.1) is 0 Å². The van der Waals surface area contributed by atoms with Crippen molar-refractivity contribution in [1.29, 1.82) is 0 Å². The van der Waals surface area contributed by atoms with Gasteiger partial charge in [-0.3, -0.25) is 4.79 Å². The molecule has 1 aromatic heterocycles. The summed E-state index contributed by atoms with van der Waals surface area (Å²) in [6.07, 6.45) is -7.10. The normalized spacial score (nSPS) is 13.0.